The topological polar surface area (TPSA) is 86.5 Å². The Morgan fingerprint density at radius 1 is 1.12 bits per heavy atom. The van der Waals surface area contributed by atoms with Crippen molar-refractivity contribution in [3.8, 4) is 23.0 Å². The fourth-order valence-electron chi connectivity index (χ4n) is 2.30. The van der Waals surface area contributed by atoms with Gasteiger partial charge in [-0.05, 0) is 42.7 Å². The highest BCUT2D eigenvalue weighted by molar-refractivity contribution is 7.98. The van der Waals surface area contributed by atoms with Crippen LogP contribution in [0.4, 0.5) is 6.01 Å². The average Bonchev–Trinajstić information content (AvgIpc) is 3.15. The van der Waals surface area contributed by atoms with E-state index in [0.29, 0.717) is 22.6 Å². The summed E-state index contributed by atoms with van der Waals surface area (Å²) in [7, 11) is 3.11. The molecular weight excluding hydrogens is 354 g/mol. The fraction of sp³-hybridized carbons (Fsp3) is 0.167. The van der Waals surface area contributed by atoms with E-state index >= 15 is 0 Å². The van der Waals surface area contributed by atoms with E-state index < -0.39 is 0 Å². The zero-order valence-corrected chi connectivity index (χ0v) is 15.3. The van der Waals surface area contributed by atoms with Crippen LogP contribution in [0.3, 0.4) is 0 Å². The molecule has 26 heavy (non-hydrogen) atoms. The van der Waals surface area contributed by atoms with Crippen molar-refractivity contribution in [2.45, 2.75) is 4.90 Å². The molecule has 1 amide bonds. The predicted octanol–water partition coefficient (Wildman–Crippen LogP) is 3.73. The number of aromatic nitrogens is 2. The van der Waals surface area contributed by atoms with E-state index in [9.17, 15) is 4.79 Å². The number of methoxy groups -OCH3 is 2. The Morgan fingerprint density at radius 2 is 1.96 bits per heavy atom. The second-order valence-corrected chi connectivity index (χ2v) is 6.04. The lowest BCUT2D eigenvalue weighted by atomic mass is 10.2. The number of rotatable bonds is 6. The van der Waals surface area contributed by atoms with Crippen LogP contribution in [0, 0.1) is 0 Å². The van der Waals surface area contributed by atoms with Gasteiger partial charge in [-0.3, -0.25) is 10.1 Å². The summed E-state index contributed by atoms with van der Waals surface area (Å²) in [5.41, 5.74) is 1.08. The highest BCUT2D eigenvalue weighted by Gasteiger charge is 2.17. The molecule has 3 aromatic rings. The Kier molecular flexibility index (Phi) is 5.43. The number of carbonyl (C=O) groups excluding carboxylic acids is 1. The predicted molar refractivity (Wildman–Crippen MR) is 99.0 cm³/mol. The lowest BCUT2D eigenvalue weighted by Gasteiger charge is -2.07. The summed E-state index contributed by atoms with van der Waals surface area (Å²) < 4.78 is 16.1. The SMILES string of the molecule is COc1ccc(OC)c(-c2nnc(NC(=O)c3cccc(SC)c3)o2)c1. The van der Waals surface area contributed by atoms with Crippen LogP contribution in [-0.2, 0) is 0 Å². The number of nitrogens with zero attached hydrogens (tertiary/aromatic N) is 2. The number of hydrogen-bond acceptors (Lipinski definition) is 7. The van der Waals surface area contributed by atoms with Crippen molar-refractivity contribution in [3.05, 3.63) is 48.0 Å². The highest BCUT2D eigenvalue weighted by atomic mass is 32.2. The Hall–Kier alpha value is -3.00. The second-order valence-electron chi connectivity index (χ2n) is 5.16. The summed E-state index contributed by atoms with van der Waals surface area (Å²) in [6.07, 6.45) is 1.95. The molecule has 0 unspecified atom stereocenters. The normalized spacial score (nSPS) is 10.4. The summed E-state index contributed by atoms with van der Waals surface area (Å²) in [4.78, 5) is 13.3. The molecule has 0 saturated carbocycles. The number of nitrogens with one attached hydrogen (secondary N) is 1. The molecular formula is C18H17N3O4S. The first-order valence-electron chi connectivity index (χ1n) is 7.66. The minimum atomic E-state index is -0.325. The largest absolute Gasteiger partial charge is 0.497 e. The first-order chi connectivity index (χ1) is 12.6. The number of thioether (sulfide) groups is 1. The number of carbonyl (C=O) groups is 1. The van der Waals surface area contributed by atoms with Gasteiger partial charge in [0.2, 0.25) is 0 Å². The Morgan fingerprint density at radius 3 is 2.69 bits per heavy atom. The van der Waals surface area contributed by atoms with Crippen LogP contribution in [0.1, 0.15) is 10.4 Å². The van der Waals surface area contributed by atoms with Gasteiger partial charge in [-0.25, -0.2) is 0 Å². The summed E-state index contributed by atoms with van der Waals surface area (Å²) in [6, 6.07) is 12.5. The number of ether oxygens (including phenoxy) is 2. The van der Waals surface area contributed by atoms with E-state index in [4.69, 9.17) is 13.9 Å². The standard InChI is InChI=1S/C18H17N3O4S/c1-23-12-7-8-15(24-2)14(10-12)17-20-21-18(25-17)19-16(22)11-5-4-6-13(9-11)26-3/h4-10H,1-3H3,(H,19,21,22). The van der Waals surface area contributed by atoms with E-state index in [2.05, 4.69) is 15.5 Å². The molecule has 0 aliphatic heterocycles. The maximum absolute atomic E-state index is 12.4. The van der Waals surface area contributed by atoms with Crippen molar-refractivity contribution in [2.24, 2.45) is 0 Å². The van der Waals surface area contributed by atoms with Crippen molar-refractivity contribution in [1.82, 2.24) is 10.2 Å². The number of amides is 1. The minimum absolute atomic E-state index is 0.00410. The molecule has 3 rings (SSSR count). The number of anilines is 1. The average molecular weight is 371 g/mol. The molecule has 1 heterocycles. The van der Waals surface area contributed by atoms with Crippen molar-refractivity contribution in [1.29, 1.82) is 0 Å². The molecule has 0 spiro atoms. The van der Waals surface area contributed by atoms with Crippen LogP contribution in [0.25, 0.3) is 11.5 Å². The van der Waals surface area contributed by atoms with Gasteiger partial charge in [-0.1, -0.05) is 11.2 Å². The van der Waals surface area contributed by atoms with Crippen LogP contribution >= 0.6 is 11.8 Å². The molecule has 7 nitrogen and oxygen atoms in total. The van der Waals surface area contributed by atoms with Gasteiger partial charge in [0, 0.05) is 10.5 Å². The van der Waals surface area contributed by atoms with Crippen molar-refractivity contribution < 1.29 is 18.7 Å². The Labute approximate surface area is 154 Å². The van der Waals surface area contributed by atoms with Crippen LogP contribution in [-0.4, -0.2) is 36.6 Å². The van der Waals surface area contributed by atoms with E-state index in [1.54, 1.807) is 56.3 Å². The van der Waals surface area contributed by atoms with Crippen LogP contribution < -0.4 is 14.8 Å². The zero-order valence-electron chi connectivity index (χ0n) is 14.5. The van der Waals surface area contributed by atoms with Gasteiger partial charge in [0.1, 0.15) is 11.5 Å². The molecule has 0 radical (unpaired) electrons. The Bertz CT molecular complexity index is 926. The molecule has 2 aromatic carbocycles. The van der Waals surface area contributed by atoms with E-state index in [-0.39, 0.29) is 17.8 Å². The summed E-state index contributed by atoms with van der Waals surface area (Å²) >= 11 is 1.56. The molecule has 0 saturated heterocycles. The first-order valence-corrected chi connectivity index (χ1v) is 8.88. The van der Waals surface area contributed by atoms with E-state index in [1.807, 2.05) is 18.4 Å². The van der Waals surface area contributed by atoms with Crippen molar-refractivity contribution >= 4 is 23.7 Å². The molecule has 8 heteroatoms. The lowest BCUT2D eigenvalue weighted by molar-refractivity contribution is 0.102. The van der Waals surface area contributed by atoms with E-state index in [0.717, 1.165) is 4.90 Å². The van der Waals surface area contributed by atoms with Gasteiger partial charge < -0.3 is 13.9 Å². The zero-order chi connectivity index (χ0) is 18.5. The van der Waals surface area contributed by atoms with Crippen LogP contribution in [0.5, 0.6) is 11.5 Å². The maximum atomic E-state index is 12.4. The monoisotopic (exact) mass is 371 g/mol. The first kappa shape index (κ1) is 17.8. The molecule has 0 atom stereocenters. The number of hydrogen-bond donors (Lipinski definition) is 1. The third-order valence-electron chi connectivity index (χ3n) is 3.61. The second kappa shape index (κ2) is 7.92. The van der Waals surface area contributed by atoms with Crippen molar-refractivity contribution in [2.75, 3.05) is 25.8 Å². The molecule has 0 aliphatic rings. The molecule has 0 aliphatic carbocycles. The Balaban J connectivity index is 1.83. The molecule has 0 bridgehead atoms. The molecule has 1 N–H and O–H groups in total. The van der Waals surface area contributed by atoms with Gasteiger partial charge >= 0.3 is 6.01 Å². The number of benzene rings is 2. The van der Waals surface area contributed by atoms with Gasteiger partial charge in [-0.2, -0.15) is 0 Å². The smallest absolute Gasteiger partial charge is 0.322 e. The quantitative estimate of drug-likeness (QED) is 0.661. The van der Waals surface area contributed by atoms with Gasteiger partial charge in [0.15, 0.2) is 0 Å². The summed E-state index contributed by atoms with van der Waals surface area (Å²) in [5.74, 6) is 1.07. The van der Waals surface area contributed by atoms with Gasteiger partial charge in [0.05, 0.1) is 19.8 Å². The summed E-state index contributed by atoms with van der Waals surface area (Å²) in [5, 5.41) is 10.5. The third kappa shape index (κ3) is 3.80. The summed E-state index contributed by atoms with van der Waals surface area (Å²) in [6.45, 7) is 0. The molecule has 1 aromatic heterocycles. The van der Waals surface area contributed by atoms with Crippen molar-refractivity contribution in [3.63, 3.8) is 0 Å². The fourth-order valence-corrected chi connectivity index (χ4v) is 2.76. The maximum Gasteiger partial charge on any atom is 0.322 e. The van der Waals surface area contributed by atoms with E-state index in [1.165, 1.54) is 0 Å². The minimum Gasteiger partial charge on any atom is -0.497 e. The third-order valence-corrected chi connectivity index (χ3v) is 4.34. The molecule has 134 valence electrons. The van der Waals surface area contributed by atoms with Crippen LogP contribution in [0.15, 0.2) is 51.8 Å². The highest BCUT2D eigenvalue weighted by Crippen LogP contribution is 2.33. The lowest BCUT2D eigenvalue weighted by Crippen LogP contribution is -2.12. The van der Waals surface area contributed by atoms with Gasteiger partial charge in [0.25, 0.3) is 11.8 Å². The van der Waals surface area contributed by atoms with Gasteiger partial charge in [-0.15, -0.1) is 16.9 Å². The van der Waals surface area contributed by atoms with Crippen LogP contribution in [0.2, 0.25) is 0 Å². The molecule has 0 fully saturated rings.